The maximum Gasteiger partial charge on any atom is 0.215 e. The van der Waals surface area contributed by atoms with Crippen LogP contribution in [0.5, 0.6) is 0 Å². The Morgan fingerprint density at radius 3 is 2.62 bits per heavy atom. The summed E-state index contributed by atoms with van der Waals surface area (Å²) in [6.45, 7) is 4.26. The molecular weight excluding hydrogens is 288 g/mol. The fraction of sp³-hybridized carbons (Fsp3) is 0.600. The fourth-order valence-electron chi connectivity index (χ4n) is 1.87. The van der Waals surface area contributed by atoms with Crippen molar-refractivity contribution >= 4 is 10.0 Å². The van der Waals surface area contributed by atoms with Crippen molar-refractivity contribution in [3.05, 3.63) is 35.4 Å². The van der Waals surface area contributed by atoms with E-state index >= 15 is 0 Å². The van der Waals surface area contributed by atoms with Crippen LogP contribution in [0.1, 0.15) is 37.3 Å². The molecule has 0 aliphatic rings. The molecule has 0 spiro atoms. The predicted molar refractivity (Wildman–Crippen MR) is 85.3 cm³/mol. The molecule has 120 valence electrons. The Bertz CT molecular complexity index is 503. The molecule has 0 bridgehead atoms. The van der Waals surface area contributed by atoms with Gasteiger partial charge in [0.15, 0.2) is 0 Å². The standard InChI is InChI=1S/C15H26N2O3S/c1-2-3-9-20-10-5-8-17-21(18,19)13-15-7-4-6-14(11-15)12-16/h4,6-7,11,17H,2-3,5,8-10,12-13,16H2,1H3. The highest BCUT2D eigenvalue weighted by atomic mass is 32.2. The number of ether oxygens (including phenoxy) is 1. The lowest BCUT2D eigenvalue weighted by atomic mass is 10.1. The Hall–Kier alpha value is -0.950. The van der Waals surface area contributed by atoms with Crippen molar-refractivity contribution in [1.82, 2.24) is 4.72 Å². The Kier molecular flexibility index (Phi) is 8.52. The van der Waals surface area contributed by atoms with E-state index in [1.165, 1.54) is 0 Å². The van der Waals surface area contributed by atoms with Gasteiger partial charge in [0.05, 0.1) is 5.75 Å². The topological polar surface area (TPSA) is 81.4 Å². The van der Waals surface area contributed by atoms with Crippen LogP contribution in [0.15, 0.2) is 24.3 Å². The van der Waals surface area contributed by atoms with E-state index in [2.05, 4.69) is 11.6 Å². The monoisotopic (exact) mass is 314 g/mol. The first-order valence-electron chi connectivity index (χ1n) is 7.40. The Morgan fingerprint density at radius 2 is 1.90 bits per heavy atom. The van der Waals surface area contributed by atoms with E-state index < -0.39 is 10.0 Å². The lowest BCUT2D eigenvalue weighted by Crippen LogP contribution is -2.27. The van der Waals surface area contributed by atoms with Crippen LogP contribution in [-0.4, -0.2) is 28.2 Å². The molecule has 0 aromatic heterocycles. The SMILES string of the molecule is CCCCOCCCNS(=O)(=O)Cc1cccc(CN)c1. The molecule has 0 aliphatic heterocycles. The highest BCUT2D eigenvalue weighted by molar-refractivity contribution is 7.88. The van der Waals surface area contributed by atoms with Crippen LogP contribution in [0, 0.1) is 0 Å². The Balaban J connectivity index is 2.30. The first kappa shape index (κ1) is 18.1. The lowest BCUT2D eigenvalue weighted by Gasteiger charge is -2.08. The summed E-state index contributed by atoms with van der Waals surface area (Å²) in [5.41, 5.74) is 7.24. The molecule has 6 heteroatoms. The third-order valence-electron chi connectivity index (χ3n) is 3.01. The van der Waals surface area contributed by atoms with Crippen molar-refractivity contribution in [2.75, 3.05) is 19.8 Å². The zero-order valence-corrected chi connectivity index (χ0v) is 13.5. The second-order valence-corrected chi connectivity index (χ2v) is 6.80. The van der Waals surface area contributed by atoms with Crippen molar-refractivity contribution < 1.29 is 13.2 Å². The van der Waals surface area contributed by atoms with Crippen molar-refractivity contribution in [1.29, 1.82) is 0 Å². The normalized spacial score (nSPS) is 11.7. The van der Waals surface area contributed by atoms with Crippen molar-refractivity contribution in [2.24, 2.45) is 5.73 Å². The van der Waals surface area contributed by atoms with Gasteiger partial charge in [0, 0.05) is 26.3 Å². The molecule has 0 heterocycles. The van der Waals surface area contributed by atoms with Gasteiger partial charge in [-0.05, 0) is 24.0 Å². The summed E-state index contributed by atoms with van der Waals surface area (Å²) in [4.78, 5) is 0. The Morgan fingerprint density at radius 1 is 1.19 bits per heavy atom. The number of unbranched alkanes of at least 4 members (excludes halogenated alkanes) is 1. The van der Waals surface area contributed by atoms with Gasteiger partial charge < -0.3 is 10.5 Å². The minimum absolute atomic E-state index is 0.0163. The number of hydrogen-bond donors (Lipinski definition) is 2. The van der Waals surface area contributed by atoms with Gasteiger partial charge in [-0.15, -0.1) is 0 Å². The van der Waals surface area contributed by atoms with Crippen molar-refractivity contribution in [3.8, 4) is 0 Å². The van der Waals surface area contributed by atoms with Crippen LogP contribution in [-0.2, 0) is 27.1 Å². The molecule has 0 unspecified atom stereocenters. The van der Waals surface area contributed by atoms with Crippen molar-refractivity contribution in [2.45, 2.75) is 38.5 Å². The molecule has 5 nitrogen and oxygen atoms in total. The number of sulfonamides is 1. The second kappa shape index (κ2) is 9.89. The number of nitrogens with one attached hydrogen (secondary N) is 1. The molecule has 0 amide bonds. The molecule has 0 fully saturated rings. The minimum atomic E-state index is -3.30. The van der Waals surface area contributed by atoms with Crippen LogP contribution in [0.2, 0.25) is 0 Å². The van der Waals surface area contributed by atoms with E-state index in [-0.39, 0.29) is 5.75 Å². The number of hydrogen-bond acceptors (Lipinski definition) is 4. The smallest absolute Gasteiger partial charge is 0.215 e. The van der Waals surface area contributed by atoms with Gasteiger partial charge in [-0.3, -0.25) is 0 Å². The zero-order valence-electron chi connectivity index (χ0n) is 12.7. The van der Waals surface area contributed by atoms with Gasteiger partial charge in [0.2, 0.25) is 10.0 Å². The maximum absolute atomic E-state index is 12.0. The van der Waals surface area contributed by atoms with Gasteiger partial charge in [-0.2, -0.15) is 0 Å². The van der Waals surface area contributed by atoms with E-state index in [0.717, 1.165) is 30.6 Å². The summed E-state index contributed by atoms with van der Waals surface area (Å²) in [6.07, 6.45) is 2.84. The summed E-state index contributed by atoms with van der Waals surface area (Å²) < 4.78 is 31.9. The summed E-state index contributed by atoms with van der Waals surface area (Å²) in [5, 5.41) is 0. The lowest BCUT2D eigenvalue weighted by molar-refractivity contribution is 0.130. The van der Waals surface area contributed by atoms with Crippen LogP contribution >= 0.6 is 0 Å². The molecule has 1 aromatic rings. The Labute approximate surface area is 127 Å². The summed E-state index contributed by atoms with van der Waals surface area (Å²) >= 11 is 0. The quantitative estimate of drug-likeness (QED) is 0.610. The van der Waals surface area contributed by atoms with Gasteiger partial charge >= 0.3 is 0 Å². The molecule has 0 saturated heterocycles. The van der Waals surface area contributed by atoms with E-state index in [9.17, 15) is 8.42 Å². The molecular formula is C15H26N2O3S. The summed E-state index contributed by atoms with van der Waals surface area (Å²) in [6, 6.07) is 7.34. The molecule has 0 aliphatic carbocycles. The molecule has 0 atom stereocenters. The highest BCUT2D eigenvalue weighted by Crippen LogP contribution is 2.08. The molecule has 0 radical (unpaired) electrons. The first-order valence-corrected chi connectivity index (χ1v) is 9.05. The third kappa shape index (κ3) is 8.16. The minimum Gasteiger partial charge on any atom is -0.381 e. The van der Waals surface area contributed by atoms with E-state index in [1.54, 1.807) is 6.07 Å². The van der Waals surface area contributed by atoms with Crippen molar-refractivity contribution in [3.63, 3.8) is 0 Å². The molecule has 21 heavy (non-hydrogen) atoms. The van der Waals surface area contributed by atoms with Crippen LogP contribution in [0.25, 0.3) is 0 Å². The first-order chi connectivity index (χ1) is 10.1. The zero-order chi connectivity index (χ0) is 15.6. The average molecular weight is 314 g/mol. The van der Waals surface area contributed by atoms with Gasteiger partial charge in [-0.1, -0.05) is 37.6 Å². The average Bonchev–Trinajstić information content (AvgIpc) is 2.46. The molecule has 1 aromatic carbocycles. The number of rotatable bonds is 11. The number of benzene rings is 1. The van der Waals surface area contributed by atoms with Crippen LogP contribution in [0.3, 0.4) is 0 Å². The van der Waals surface area contributed by atoms with Gasteiger partial charge in [0.25, 0.3) is 0 Å². The van der Waals surface area contributed by atoms with E-state index in [1.807, 2.05) is 18.2 Å². The molecule has 3 N–H and O–H groups in total. The summed E-state index contributed by atoms with van der Waals surface area (Å²) in [7, 11) is -3.30. The second-order valence-electron chi connectivity index (χ2n) is 5.00. The van der Waals surface area contributed by atoms with Crippen LogP contribution in [0.4, 0.5) is 0 Å². The number of nitrogens with two attached hydrogens (primary N) is 1. The maximum atomic E-state index is 12.0. The fourth-order valence-corrected chi connectivity index (χ4v) is 3.04. The summed E-state index contributed by atoms with van der Waals surface area (Å²) in [5.74, 6) is -0.0163. The van der Waals surface area contributed by atoms with Gasteiger partial charge in [0.1, 0.15) is 0 Å². The molecule has 1 rings (SSSR count). The highest BCUT2D eigenvalue weighted by Gasteiger charge is 2.10. The van der Waals surface area contributed by atoms with Crippen LogP contribution < -0.4 is 10.5 Å². The molecule has 0 saturated carbocycles. The van der Waals surface area contributed by atoms with Gasteiger partial charge in [-0.25, -0.2) is 13.1 Å². The van der Waals surface area contributed by atoms with E-state index in [0.29, 0.717) is 26.1 Å². The predicted octanol–water partition coefficient (Wildman–Crippen LogP) is 1.77. The third-order valence-corrected chi connectivity index (χ3v) is 4.37. The largest absolute Gasteiger partial charge is 0.381 e. The van der Waals surface area contributed by atoms with E-state index in [4.69, 9.17) is 10.5 Å².